The number of rotatable bonds is 6. The second-order valence-electron chi connectivity index (χ2n) is 9.10. The minimum Gasteiger partial charge on any atom is -0.379 e. The molecule has 0 aromatic carbocycles. The molecule has 1 atom stereocenters. The summed E-state index contributed by atoms with van der Waals surface area (Å²) in [6.07, 6.45) is 10.6. The van der Waals surface area contributed by atoms with Gasteiger partial charge in [0.1, 0.15) is 11.8 Å². The Kier molecular flexibility index (Phi) is 5.05. The van der Waals surface area contributed by atoms with E-state index in [1.54, 1.807) is 0 Å². The van der Waals surface area contributed by atoms with Crippen LogP contribution in [0.3, 0.4) is 0 Å². The van der Waals surface area contributed by atoms with Crippen molar-refractivity contribution in [3.8, 4) is 0 Å². The molecule has 144 valence electrons. The summed E-state index contributed by atoms with van der Waals surface area (Å²) in [7, 11) is 0. The summed E-state index contributed by atoms with van der Waals surface area (Å²) >= 11 is 2.42. The van der Waals surface area contributed by atoms with Gasteiger partial charge in [-0.2, -0.15) is 5.10 Å². The molecule has 0 spiro atoms. The van der Waals surface area contributed by atoms with Crippen molar-refractivity contribution in [1.82, 2.24) is 15.1 Å². The second kappa shape index (κ2) is 7.33. The van der Waals surface area contributed by atoms with Gasteiger partial charge in [-0.25, -0.2) is 0 Å². The molecule has 26 heavy (non-hydrogen) atoms. The van der Waals surface area contributed by atoms with Crippen molar-refractivity contribution >= 4 is 22.6 Å². The average Bonchev–Trinajstić information content (AvgIpc) is 3.04. The van der Waals surface area contributed by atoms with E-state index in [1.165, 1.54) is 42.1 Å². The first-order valence-corrected chi connectivity index (χ1v) is 11.4. The quantitative estimate of drug-likeness (QED) is 0.645. The first kappa shape index (κ1) is 17.9. The van der Waals surface area contributed by atoms with Crippen LogP contribution in [0.4, 0.5) is 0 Å². The van der Waals surface area contributed by atoms with Gasteiger partial charge in [0.05, 0.1) is 23.4 Å². The molecule has 4 bridgehead atoms. The lowest BCUT2D eigenvalue weighted by Gasteiger charge is -2.59. The van der Waals surface area contributed by atoms with Crippen LogP contribution >= 0.6 is 22.6 Å². The highest BCUT2D eigenvalue weighted by Crippen LogP contribution is 2.64. The predicted molar refractivity (Wildman–Crippen MR) is 108 cm³/mol. The van der Waals surface area contributed by atoms with Gasteiger partial charge in [-0.05, 0) is 78.9 Å². The van der Waals surface area contributed by atoms with Crippen molar-refractivity contribution in [2.45, 2.75) is 44.6 Å². The number of H-pyrrole nitrogens is 1. The standard InChI is InChI=1S/C20H30IN3O2/c21-17-13-22-23-18(17)19(26-6-3-24-1-4-25-5-2-24)20-10-14-7-15(11-20)9-16(8-14)12-20/h13-16,19H,1-12H2,(H,22,23). The number of ether oxygens (including phenoxy) is 2. The molecule has 1 aromatic rings. The van der Waals surface area contributed by atoms with Crippen LogP contribution < -0.4 is 0 Å². The summed E-state index contributed by atoms with van der Waals surface area (Å²) in [5.41, 5.74) is 1.49. The van der Waals surface area contributed by atoms with E-state index in [0.29, 0.717) is 5.41 Å². The molecule has 4 aliphatic carbocycles. The molecule has 6 rings (SSSR count). The van der Waals surface area contributed by atoms with E-state index in [0.717, 1.165) is 62.9 Å². The van der Waals surface area contributed by atoms with Crippen LogP contribution in [0.25, 0.3) is 0 Å². The summed E-state index contributed by atoms with van der Waals surface area (Å²) in [6, 6.07) is 0. The smallest absolute Gasteiger partial charge is 0.108 e. The SMILES string of the molecule is Ic1c[nH]nc1C(OCCN1CCOCC1)C12CC3CC(CC(C3)C1)C2. The van der Waals surface area contributed by atoms with Crippen LogP contribution in [0.2, 0.25) is 0 Å². The van der Waals surface area contributed by atoms with E-state index >= 15 is 0 Å². The fourth-order valence-corrected chi connectivity index (χ4v) is 7.18. The molecule has 5 fully saturated rings. The number of morpholine rings is 1. The fraction of sp³-hybridized carbons (Fsp3) is 0.850. The van der Waals surface area contributed by atoms with Crippen molar-refractivity contribution in [2.24, 2.45) is 23.2 Å². The van der Waals surface area contributed by atoms with Crippen molar-refractivity contribution in [1.29, 1.82) is 0 Å². The monoisotopic (exact) mass is 471 g/mol. The van der Waals surface area contributed by atoms with Crippen molar-refractivity contribution in [3.05, 3.63) is 15.5 Å². The average molecular weight is 471 g/mol. The Morgan fingerprint density at radius 3 is 2.42 bits per heavy atom. The molecule has 2 heterocycles. The summed E-state index contributed by atoms with van der Waals surface area (Å²) in [5.74, 6) is 2.80. The summed E-state index contributed by atoms with van der Waals surface area (Å²) in [5, 5.41) is 7.73. The highest BCUT2D eigenvalue weighted by Gasteiger charge is 2.55. The zero-order valence-electron chi connectivity index (χ0n) is 15.5. The zero-order chi connectivity index (χ0) is 17.6. The molecule has 0 amide bonds. The number of hydrogen-bond acceptors (Lipinski definition) is 4. The van der Waals surface area contributed by atoms with E-state index in [-0.39, 0.29) is 6.10 Å². The van der Waals surface area contributed by atoms with Gasteiger partial charge in [0.25, 0.3) is 0 Å². The Labute approximate surface area is 169 Å². The third-order valence-electron chi connectivity index (χ3n) is 7.31. The van der Waals surface area contributed by atoms with Gasteiger partial charge >= 0.3 is 0 Å². The number of nitrogens with one attached hydrogen (secondary N) is 1. The third-order valence-corrected chi connectivity index (χ3v) is 8.17. The van der Waals surface area contributed by atoms with Gasteiger partial charge in [0, 0.05) is 31.2 Å². The number of aromatic amines is 1. The number of hydrogen-bond donors (Lipinski definition) is 1. The molecular weight excluding hydrogens is 441 g/mol. The highest BCUT2D eigenvalue weighted by atomic mass is 127. The Morgan fingerprint density at radius 1 is 1.19 bits per heavy atom. The number of aromatic nitrogens is 2. The van der Waals surface area contributed by atoms with Gasteiger partial charge in [-0.15, -0.1) is 0 Å². The second-order valence-corrected chi connectivity index (χ2v) is 10.3. The molecule has 1 saturated heterocycles. The summed E-state index contributed by atoms with van der Waals surface area (Å²) in [4.78, 5) is 2.47. The van der Waals surface area contributed by atoms with Crippen molar-refractivity contribution in [2.75, 3.05) is 39.5 Å². The minimum absolute atomic E-state index is 0.162. The minimum atomic E-state index is 0.162. The van der Waals surface area contributed by atoms with E-state index < -0.39 is 0 Å². The molecule has 1 unspecified atom stereocenters. The fourth-order valence-electron chi connectivity index (χ4n) is 6.64. The lowest BCUT2D eigenvalue weighted by atomic mass is 9.48. The Balaban J connectivity index is 1.34. The maximum Gasteiger partial charge on any atom is 0.108 e. The van der Waals surface area contributed by atoms with Crippen LogP contribution in [-0.4, -0.2) is 54.6 Å². The molecular formula is C20H30IN3O2. The molecule has 5 nitrogen and oxygen atoms in total. The molecule has 5 aliphatic rings. The summed E-state index contributed by atoms with van der Waals surface area (Å²) in [6.45, 7) is 5.59. The maximum absolute atomic E-state index is 6.69. The largest absolute Gasteiger partial charge is 0.379 e. The first-order valence-electron chi connectivity index (χ1n) is 10.3. The van der Waals surface area contributed by atoms with Crippen molar-refractivity contribution < 1.29 is 9.47 Å². The zero-order valence-corrected chi connectivity index (χ0v) is 17.6. The Morgan fingerprint density at radius 2 is 1.85 bits per heavy atom. The lowest BCUT2D eigenvalue weighted by molar-refractivity contribution is -0.149. The number of nitrogens with zero attached hydrogens (tertiary/aromatic N) is 2. The van der Waals surface area contributed by atoms with Crippen LogP contribution in [-0.2, 0) is 9.47 Å². The lowest BCUT2D eigenvalue weighted by Crippen LogP contribution is -2.50. The predicted octanol–water partition coefficient (Wildman–Crippen LogP) is 3.62. The maximum atomic E-state index is 6.69. The molecule has 1 aromatic heterocycles. The van der Waals surface area contributed by atoms with Gasteiger partial charge < -0.3 is 9.47 Å². The van der Waals surface area contributed by atoms with Gasteiger partial charge in [0.2, 0.25) is 0 Å². The van der Waals surface area contributed by atoms with Gasteiger partial charge in [0.15, 0.2) is 0 Å². The van der Waals surface area contributed by atoms with Crippen molar-refractivity contribution in [3.63, 3.8) is 0 Å². The van der Waals surface area contributed by atoms with Crippen LogP contribution in [0, 0.1) is 26.7 Å². The molecule has 1 N–H and O–H groups in total. The first-order chi connectivity index (χ1) is 12.7. The third kappa shape index (κ3) is 3.35. The van der Waals surface area contributed by atoms with Crippen LogP contribution in [0.15, 0.2) is 6.20 Å². The summed E-state index contributed by atoms with van der Waals surface area (Å²) < 4.78 is 13.4. The van der Waals surface area contributed by atoms with Crippen LogP contribution in [0.1, 0.15) is 50.3 Å². The number of halogens is 1. The Bertz CT molecular complexity index is 593. The Hall–Kier alpha value is -0.180. The van der Waals surface area contributed by atoms with E-state index in [9.17, 15) is 0 Å². The molecule has 1 aliphatic heterocycles. The van der Waals surface area contributed by atoms with E-state index in [1.807, 2.05) is 6.20 Å². The molecule has 6 heteroatoms. The molecule has 0 radical (unpaired) electrons. The topological polar surface area (TPSA) is 50.4 Å². The van der Waals surface area contributed by atoms with E-state index in [4.69, 9.17) is 9.47 Å². The molecule has 4 saturated carbocycles. The van der Waals surface area contributed by atoms with Crippen LogP contribution in [0.5, 0.6) is 0 Å². The van der Waals surface area contributed by atoms with E-state index in [2.05, 4.69) is 37.7 Å². The highest BCUT2D eigenvalue weighted by molar-refractivity contribution is 14.1. The normalized spacial score (nSPS) is 38.0. The van der Waals surface area contributed by atoms with Gasteiger partial charge in [-0.1, -0.05) is 0 Å². The van der Waals surface area contributed by atoms with Gasteiger partial charge in [-0.3, -0.25) is 10.00 Å².